The summed E-state index contributed by atoms with van der Waals surface area (Å²) in [6, 6.07) is 4.08. The first-order chi connectivity index (χ1) is 10.3. The number of rotatable bonds is 5. The summed E-state index contributed by atoms with van der Waals surface area (Å²) in [5.41, 5.74) is 0.276. The summed E-state index contributed by atoms with van der Waals surface area (Å²) < 4.78 is 37.5. The van der Waals surface area contributed by atoms with E-state index in [0.717, 1.165) is 12.8 Å². The van der Waals surface area contributed by atoms with Gasteiger partial charge in [0, 0.05) is 21.7 Å². The van der Waals surface area contributed by atoms with Gasteiger partial charge in [0.05, 0.1) is 11.5 Å². The van der Waals surface area contributed by atoms with Gasteiger partial charge in [-0.1, -0.05) is 13.3 Å². The molecule has 1 saturated heterocycles. The molecule has 1 amide bonds. The highest BCUT2D eigenvalue weighted by Crippen LogP contribution is 2.22. The van der Waals surface area contributed by atoms with Crippen LogP contribution in [0.3, 0.4) is 0 Å². The second-order valence-corrected chi connectivity index (χ2v) is 8.93. The maximum absolute atomic E-state index is 13.7. The number of hydrogen-bond acceptors (Lipinski definition) is 3. The third kappa shape index (κ3) is 4.18. The van der Waals surface area contributed by atoms with Crippen LogP contribution in [0.15, 0.2) is 18.2 Å². The average Bonchev–Trinajstić information content (AvgIpc) is 2.82. The van der Waals surface area contributed by atoms with Crippen molar-refractivity contribution in [3.63, 3.8) is 0 Å². The fourth-order valence-corrected chi connectivity index (χ4v) is 4.66. The van der Waals surface area contributed by atoms with Crippen LogP contribution >= 0.6 is 22.6 Å². The van der Waals surface area contributed by atoms with Crippen LogP contribution < -0.4 is 0 Å². The SMILES string of the molecule is CCCCN(C(=O)c1ccc(I)c(F)c1)C1CCS(=O)(=O)C1. The lowest BCUT2D eigenvalue weighted by atomic mass is 10.1. The van der Waals surface area contributed by atoms with E-state index >= 15 is 0 Å². The maximum Gasteiger partial charge on any atom is 0.254 e. The first-order valence-electron chi connectivity index (χ1n) is 7.30. The van der Waals surface area contributed by atoms with E-state index in [9.17, 15) is 17.6 Å². The fourth-order valence-electron chi connectivity index (χ4n) is 2.59. The largest absolute Gasteiger partial charge is 0.335 e. The first-order valence-corrected chi connectivity index (χ1v) is 10.2. The second kappa shape index (κ2) is 7.25. The van der Waals surface area contributed by atoms with Gasteiger partial charge in [0.15, 0.2) is 9.84 Å². The van der Waals surface area contributed by atoms with Gasteiger partial charge < -0.3 is 4.90 Å². The number of sulfone groups is 1. The Labute approximate surface area is 144 Å². The van der Waals surface area contributed by atoms with Crippen LogP contribution in [0.2, 0.25) is 0 Å². The van der Waals surface area contributed by atoms with Crippen LogP contribution in [-0.4, -0.2) is 43.3 Å². The molecule has 1 fully saturated rings. The minimum Gasteiger partial charge on any atom is -0.335 e. The van der Waals surface area contributed by atoms with Crippen molar-refractivity contribution in [3.8, 4) is 0 Å². The monoisotopic (exact) mass is 439 g/mol. The van der Waals surface area contributed by atoms with Crippen LogP contribution in [0.25, 0.3) is 0 Å². The Morgan fingerprint density at radius 3 is 2.73 bits per heavy atom. The number of unbranched alkanes of at least 4 members (excludes halogenated alkanes) is 1. The summed E-state index contributed by atoms with van der Waals surface area (Å²) in [4.78, 5) is 14.3. The summed E-state index contributed by atoms with van der Waals surface area (Å²) >= 11 is 1.87. The Hall–Kier alpha value is -0.700. The molecule has 2 rings (SSSR count). The van der Waals surface area contributed by atoms with Gasteiger partial charge in [-0.25, -0.2) is 12.8 Å². The molecule has 0 spiro atoms. The van der Waals surface area contributed by atoms with Crippen molar-refractivity contribution in [2.75, 3.05) is 18.1 Å². The number of halogens is 2. The van der Waals surface area contributed by atoms with Gasteiger partial charge in [-0.2, -0.15) is 0 Å². The summed E-state index contributed by atoms with van der Waals surface area (Å²) in [6.07, 6.45) is 2.17. The number of hydrogen-bond donors (Lipinski definition) is 0. The fraction of sp³-hybridized carbons (Fsp3) is 0.533. The van der Waals surface area contributed by atoms with E-state index in [1.807, 2.05) is 29.5 Å². The minimum atomic E-state index is -3.07. The molecule has 0 N–H and O–H groups in total. The van der Waals surface area contributed by atoms with E-state index in [1.54, 1.807) is 17.0 Å². The lowest BCUT2D eigenvalue weighted by Gasteiger charge is -2.28. The quantitative estimate of drug-likeness (QED) is 0.664. The van der Waals surface area contributed by atoms with Crippen molar-refractivity contribution < 1.29 is 17.6 Å². The Morgan fingerprint density at radius 2 is 2.18 bits per heavy atom. The van der Waals surface area contributed by atoms with E-state index in [4.69, 9.17) is 0 Å². The summed E-state index contributed by atoms with van der Waals surface area (Å²) in [5.74, 6) is -0.587. The van der Waals surface area contributed by atoms with Gasteiger partial charge >= 0.3 is 0 Å². The lowest BCUT2D eigenvalue weighted by molar-refractivity contribution is 0.0693. The van der Waals surface area contributed by atoms with Crippen LogP contribution in [0.4, 0.5) is 4.39 Å². The molecule has 1 aromatic carbocycles. The van der Waals surface area contributed by atoms with E-state index in [-0.39, 0.29) is 29.0 Å². The number of carbonyl (C=O) groups is 1. The van der Waals surface area contributed by atoms with Crippen LogP contribution in [-0.2, 0) is 9.84 Å². The zero-order valence-corrected chi connectivity index (χ0v) is 15.4. The smallest absolute Gasteiger partial charge is 0.254 e. The van der Waals surface area contributed by atoms with Gasteiger partial charge in [0.25, 0.3) is 5.91 Å². The van der Waals surface area contributed by atoms with Crippen molar-refractivity contribution in [1.29, 1.82) is 0 Å². The van der Waals surface area contributed by atoms with Gasteiger partial charge in [-0.15, -0.1) is 0 Å². The molecule has 122 valence electrons. The van der Waals surface area contributed by atoms with E-state index in [0.29, 0.717) is 16.5 Å². The molecule has 0 bridgehead atoms. The Morgan fingerprint density at radius 1 is 1.45 bits per heavy atom. The molecule has 1 unspecified atom stereocenters. The topological polar surface area (TPSA) is 54.5 Å². The molecular weight excluding hydrogens is 420 g/mol. The lowest BCUT2D eigenvalue weighted by Crippen LogP contribution is -2.41. The predicted octanol–water partition coefficient (Wildman–Crippen LogP) is 2.86. The molecule has 0 saturated carbocycles. The molecule has 1 atom stereocenters. The summed E-state index contributed by atoms with van der Waals surface area (Å²) in [5, 5.41) is 0. The highest BCUT2D eigenvalue weighted by molar-refractivity contribution is 14.1. The molecule has 22 heavy (non-hydrogen) atoms. The molecule has 0 aromatic heterocycles. The molecular formula is C15H19FINO3S. The number of nitrogens with zero attached hydrogens (tertiary/aromatic N) is 1. The highest BCUT2D eigenvalue weighted by Gasteiger charge is 2.34. The van der Waals surface area contributed by atoms with Gasteiger partial charge in [-0.3, -0.25) is 4.79 Å². The highest BCUT2D eigenvalue weighted by atomic mass is 127. The third-order valence-electron chi connectivity index (χ3n) is 3.83. The standard InChI is InChI=1S/C15H19FINO3S/c1-2-3-7-18(12-6-8-22(20,21)10-12)15(19)11-4-5-14(17)13(16)9-11/h4-5,9,12H,2-3,6-8,10H2,1H3. The van der Waals surface area contributed by atoms with Crippen molar-refractivity contribution in [1.82, 2.24) is 4.90 Å². The zero-order chi connectivity index (χ0) is 16.3. The van der Waals surface area contributed by atoms with E-state index < -0.39 is 15.7 Å². The molecule has 1 aromatic rings. The average molecular weight is 439 g/mol. The molecule has 0 aliphatic carbocycles. The van der Waals surface area contributed by atoms with Crippen LogP contribution in [0, 0.1) is 9.39 Å². The van der Waals surface area contributed by atoms with Crippen molar-refractivity contribution in [2.45, 2.75) is 32.2 Å². The molecule has 0 radical (unpaired) electrons. The third-order valence-corrected chi connectivity index (χ3v) is 6.45. The Balaban J connectivity index is 2.24. The Bertz CT molecular complexity index is 663. The molecule has 1 heterocycles. The number of benzene rings is 1. The van der Waals surface area contributed by atoms with Gasteiger partial charge in [-0.05, 0) is 53.6 Å². The summed E-state index contributed by atoms with van der Waals surface area (Å²) in [7, 11) is -3.07. The second-order valence-electron chi connectivity index (χ2n) is 5.54. The molecule has 4 nitrogen and oxygen atoms in total. The first kappa shape index (κ1) is 17.7. The van der Waals surface area contributed by atoms with Crippen molar-refractivity contribution in [3.05, 3.63) is 33.1 Å². The van der Waals surface area contributed by atoms with Crippen molar-refractivity contribution >= 4 is 38.3 Å². The van der Waals surface area contributed by atoms with Crippen molar-refractivity contribution in [2.24, 2.45) is 0 Å². The Kier molecular flexibility index (Phi) is 5.81. The van der Waals surface area contributed by atoms with Crippen LogP contribution in [0.1, 0.15) is 36.5 Å². The van der Waals surface area contributed by atoms with Gasteiger partial charge in [0.2, 0.25) is 0 Å². The maximum atomic E-state index is 13.7. The van der Waals surface area contributed by atoms with Crippen LogP contribution in [0.5, 0.6) is 0 Å². The zero-order valence-electron chi connectivity index (χ0n) is 12.4. The van der Waals surface area contributed by atoms with E-state index in [2.05, 4.69) is 0 Å². The molecule has 7 heteroatoms. The summed E-state index contributed by atoms with van der Waals surface area (Å²) in [6.45, 7) is 2.52. The molecule has 1 aliphatic rings. The predicted molar refractivity (Wildman–Crippen MR) is 92.1 cm³/mol. The number of carbonyl (C=O) groups excluding carboxylic acids is 1. The van der Waals surface area contributed by atoms with E-state index in [1.165, 1.54) is 6.07 Å². The van der Waals surface area contributed by atoms with Gasteiger partial charge in [0.1, 0.15) is 5.82 Å². The number of amides is 1. The normalized spacial score (nSPS) is 20.0. The molecule has 1 aliphatic heterocycles. The minimum absolute atomic E-state index is 0.00923.